The molecule has 2 heterocycles. The van der Waals surface area contributed by atoms with Gasteiger partial charge in [-0.2, -0.15) is 5.26 Å². The van der Waals surface area contributed by atoms with E-state index < -0.39 is 4.92 Å². The minimum Gasteiger partial charge on any atom is -0.363 e. The summed E-state index contributed by atoms with van der Waals surface area (Å²) in [6, 6.07) is 7.97. The van der Waals surface area contributed by atoms with Gasteiger partial charge in [-0.1, -0.05) is 5.16 Å². The average Bonchev–Trinajstić information content (AvgIpc) is 3.06. The second kappa shape index (κ2) is 7.84. The molecule has 1 amide bonds. The number of nitrogens with zero attached hydrogens (tertiary/aromatic N) is 5. The van der Waals surface area contributed by atoms with E-state index in [2.05, 4.69) is 10.5 Å². The second-order valence-corrected chi connectivity index (χ2v) is 6.21. The van der Waals surface area contributed by atoms with Crippen molar-refractivity contribution in [3.63, 3.8) is 0 Å². The van der Waals surface area contributed by atoms with Gasteiger partial charge in [-0.05, 0) is 19.1 Å². The monoisotopic (exact) mass is 370 g/mol. The van der Waals surface area contributed by atoms with Crippen molar-refractivity contribution >= 4 is 23.1 Å². The highest BCUT2D eigenvalue weighted by Gasteiger charge is 2.25. The van der Waals surface area contributed by atoms with E-state index in [4.69, 9.17) is 9.78 Å². The van der Waals surface area contributed by atoms with Crippen molar-refractivity contribution in [2.45, 2.75) is 6.92 Å². The Morgan fingerprint density at radius 3 is 2.70 bits per heavy atom. The van der Waals surface area contributed by atoms with Crippen LogP contribution in [0.3, 0.4) is 0 Å². The lowest BCUT2D eigenvalue weighted by Crippen LogP contribution is -2.48. The highest BCUT2D eigenvalue weighted by molar-refractivity contribution is 5.91. The van der Waals surface area contributed by atoms with Gasteiger partial charge in [0.25, 0.3) is 5.69 Å². The molecule has 10 heteroatoms. The summed E-state index contributed by atoms with van der Waals surface area (Å²) in [5, 5.41) is 26.7. The first-order valence-corrected chi connectivity index (χ1v) is 8.35. The molecule has 1 aromatic carbocycles. The fourth-order valence-corrected chi connectivity index (χ4v) is 2.96. The van der Waals surface area contributed by atoms with Crippen LogP contribution in [0.1, 0.15) is 11.3 Å². The van der Waals surface area contributed by atoms with Crippen LogP contribution in [0.5, 0.6) is 0 Å². The van der Waals surface area contributed by atoms with Gasteiger partial charge in [-0.3, -0.25) is 19.8 Å². The summed E-state index contributed by atoms with van der Waals surface area (Å²) in [5.74, 6) is 0.786. The topological polar surface area (TPSA) is 129 Å². The van der Waals surface area contributed by atoms with Crippen molar-refractivity contribution in [3.8, 4) is 6.07 Å². The number of nitro groups is 1. The Balaban J connectivity index is 1.60. The zero-order valence-electron chi connectivity index (χ0n) is 14.7. The van der Waals surface area contributed by atoms with Crippen molar-refractivity contribution in [2.75, 3.05) is 42.9 Å². The molecule has 27 heavy (non-hydrogen) atoms. The third-order valence-electron chi connectivity index (χ3n) is 4.28. The molecule has 140 valence electrons. The number of aryl methyl sites for hydroxylation is 1. The number of carbonyl (C=O) groups excluding carboxylic acids is 1. The second-order valence-electron chi connectivity index (χ2n) is 6.21. The molecule has 0 bridgehead atoms. The summed E-state index contributed by atoms with van der Waals surface area (Å²) in [4.78, 5) is 26.7. The molecule has 1 N–H and O–H groups in total. The van der Waals surface area contributed by atoms with Crippen LogP contribution < -0.4 is 10.2 Å². The van der Waals surface area contributed by atoms with E-state index >= 15 is 0 Å². The van der Waals surface area contributed by atoms with E-state index in [0.29, 0.717) is 49.0 Å². The minimum absolute atomic E-state index is 0.0263. The summed E-state index contributed by atoms with van der Waals surface area (Å²) < 4.78 is 4.90. The van der Waals surface area contributed by atoms with Crippen LogP contribution in [0.2, 0.25) is 0 Å². The first-order valence-electron chi connectivity index (χ1n) is 8.35. The van der Waals surface area contributed by atoms with Crippen LogP contribution in [0.25, 0.3) is 0 Å². The molecule has 10 nitrogen and oxygen atoms in total. The highest BCUT2D eigenvalue weighted by atomic mass is 16.6. The van der Waals surface area contributed by atoms with Gasteiger partial charge < -0.3 is 14.7 Å². The molecule has 0 aliphatic carbocycles. The molecule has 1 aliphatic heterocycles. The number of hydrogen-bond donors (Lipinski definition) is 1. The molecule has 1 aliphatic rings. The largest absolute Gasteiger partial charge is 0.363 e. The van der Waals surface area contributed by atoms with Crippen molar-refractivity contribution < 1.29 is 14.2 Å². The van der Waals surface area contributed by atoms with Crippen molar-refractivity contribution in [3.05, 3.63) is 45.7 Å². The molecule has 2 aromatic rings. The third-order valence-corrected chi connectivity index (χ3v) is 4.28. The molecule has 1 saturated heterocycles. The Morgan fingerprint density at radius 2 is 2.11 bits per heavy atom. The first-order chi connectivity index (χ1) is 13.0. The van der Waals surface area contributed by atoms with E-state index in [9.17, 15) is 14.9 Å². The Hall–Kier alpha value is -3.45. The van der Waals surface area contributed by atoms with E-state index in [1.165, 1.54) is 18.2 Å². The SMILES string of the molecule is Cc1cc(NC(=O)CN2CCN(c3cc(C#N)ccc3[N+](=O)[O-])CC2)no1. The molecule has 1 aromatic heterocycles. The Bertz CT molecular complexity index is 895. The van der Waals surface area contributed by atoms with Crippen LogP contribution >= 0.6 is 0 Å². The molecule has 1 fully saturated rings. The van der Waals surface area contributed by atoms with Gasteiger partial charge in [-0.25, -0.2) is 0 Å². The van der Waals surface area contributed by atoms with Crippen LogP contribution in [0, 0.1) is 28.4 Å². The molecule has 0 radical (unpaired) electrons. The molecule has 3 rings (SSSR count). The maximum Gasteiger partial charge on any atom is 0.292 e. The number of amides is 1. The Labute approximate surface area is 155 Å². The van der Waals surface area contributed by atoms with Crippen molar-refractivity contribution in [2.24, 2.45) is 0 Å². The smallest absolute Gasteiger partial charge is 0.292 e. The van der Waals surface area contributed by atoms with E-state index in [0.717, 1.165) is 0 Å². The van der Waals surface area contributed by atoms with E-state index in [1.807, 2.05) is 15.9 Å². The van der Waals surface area contributed by atoms with Crippen molar-refractivity contribution in [1.82, 2.24) is 10.1 Å². The normalized spacial score (nSPS) is 14.6. The zero-order chi connectivity index (χ0) is 19.4. The molecular weight excluding hydrogens is 352 g/mol. The van der Waals surface area contributed by atoms with Gasteiger partial charge in [0.05, 0.1) is 23.1 Å². The number of anilines is 2. The molecule has 0 atom stereocenters. The Morgan fingerprint density at radius 1 is 1.37 bits per heavy atom. The van der Waals surface area contributed by atoms with Gasteiger partial charge >= 0.3 is 0 Å². The van der Waals surface area contributed by atoms with E-state index in [1.54, 1.807) is 13.0 Å². The van der Waals surface area contributed by atoms with Crippen LogP contribution in [0.15, 0.2) is 28.8 Å². The first kappa shape index (κ1) is 18.3. The molecule has 0 spiro atoms. The van der Waals surface area contributed by atoms with Gasteiger partial charge in [0.15, 0.2) is 5.82 Å². The molecule has 0 saturated carbocycles. The van der Waals surface area contributed by atoms with Gasteiger partial charge in [0.2, 0.25) is 5.91 Å². The predicted octanol–water partition coefficient (Wildman–Crippen LogP) is 1.52. The van der Waals surface area contributed by atoms with Crippen LogP contribution in [-0.2, 0) is 4.79 Å². The highest BCUT2D eigenvalue weighted by Crippen LogP contribution is 2.30. The Kier molecular flexibility index (Phi) is 5.33. The maximum absolute atomic E-state index is 12.1. The third kappa shape index (κ3) is 4.39. The summed E-state index contributed by atoms with van der Waals surface area (Å²) >= 11 is 0. The van der Waals surface area contributed by atoms with Crippen LogP contribution in [-0.4, -0.2) is 53.6 Å². The summed E-state index contributed by atoms with van der Waals surface area (Å²) in [5.41, 5.74) is 0.781. The minimum atomic E-state index is -0.448. The van der Waals surface area contributed by atoms with Gasteiger partial charge in [0.1, 0.15) is 11.4 Å². The number of piperazine rings is 1. The van der Waals surface area contributed by atoms with Gasteiger partial charge in [-0.15, -0.1) is 0 Å². The van der Waals surface area contributed by atoms with Crippen molar-refractivity contribution in [1.29, 1.82) is 5.26 Å². The average molecular weight is 370 g/mol. The summed E-state index contributed by atoms with van der Waals surface area (Å²) in [6.07, 6.45) is 0. The molecule has 0 unspecified atom stereocenters. The summed E-state index contributed by atoms with van der Waals surface area (Å²) in [6.45, 7) is 4.11. The number of carbonyl (C=O) groups is 1. The lowest BCUT2D eigenvalue weighted by atomic mass is 10.1. The number of nitrogens with one attached hydrogen (secondary N) is 1. The maximum atomic E-state index is 12.1. The lowest BCUT2D eigenvalue weighted by Gasteiger charge is -2.35. The standard InChI is InChI=1S/C17H18N6O4/c1-12-8-16(20-27-12)19-17(24)11-21-4-6-22(7-5-21)15-9-13(10-18)2-3-14(15)23(25)26/h2-3,8-9H,4-7,11H2,1H3,(H,19,20,24). The van der Waals surface area contributed by atoms with E-state index in [-0.39, 0.29) is 18.1 Å². The number of nitro benzene ring substituents is 1. The van der Waals surface area contributed by atoms with Gasteiger partial charge in [0, 0.05) is 38.3 Å². The number of aromatic nitrogens is 1. The summed E-state index contributed by atoms with van der Waals surface area (Å²) in [7, 11) is 0. The zero-order valence-corrected chi connectivity index (χ0v) is 14.7. The quantitative estimate of drug-likeness (QED) is 0.620. The number of benzene rings is 1. The fourth-order valence-electron chi connectivity index (χ4n) is 2.96. The fraction of sp³-hybridized carbons (Fsp3) is 0.353. The number of hydrogen-bond acceptors (Lipinski definition) is 8. The van der Waals surface area contributed by atoms with Crippen LogP contribution in [0.4, 0.5) is 17.2 Å². The molecular formula is C17H18N6O4. The number of nitriles is 1. The lowest BCUT2D eigenvalue weighted by molar-refractivity contribution is -0.384. The predicted molar refractivity (Wildman–Crippen MR) is 96.3 cm³/mol. The number of rotatable bonds is 5.